The van der Waals surface area contributed by atoms with Gasteiger partial charge in [0.15, 0.2) is 0 Å². The third-order valence-electron chi connectivity index (χ3n) is 9.84. The Morgan fingerprint density at radius 1 is 0.911 bits per heavy atom. The van der Waals surface area contributed by atoms with Crippen molar-refractivity contribution < 1.29 is 23.7 Å². The first-order chi connectivity index (χ1) is 27.1. The summed E-state index contributed by atoms with van der Waals surface area (Å²) < 4.78 is 24.0. The zero-order valence-electron chi connectivity index (χ0n) is 32.1. The molecular weight excluding hydrogens is 725 g/mol. The Bertz CT molecular complexity index is 2030. The van der Waals surface area contributed by atoms with Crippen molar-refractivity contribution in [1.29, 1.82) is 5.26 Å². The fraction of sp³-hybridized carbons (Fsp3) is 0.318. The van der Waals surface area contributed by atoms with Gasteiger partial charge in [0, 0.05) is 30.3 Å². The second-order valence-corrected chi connectivity index (χ2v) is 16.7. The molecule has 1 saturated heterocycles. The number of nitrogens with zero attached hydrogens (tertiary/aromatic N) is 4. The van der Waals surface area contributed by atoms with E-state index in [4.69, 9.17) is 14.0 Å². The average molecular weight is 775 g/mol. The van der Waals surface area contributed by atoms with Gasteiger partial charge in [0.2, 0.25) is 0 Å². The number of ether oxygens (including phenoxy) is 2. The number of hydrogen-bond acceptors (Lipinski definition) is 9. The summed E-state index contributed by atoms with van der Waals surface area (Å²) in [6.45, 7) is 7.98. The SMILES string of the molecule is CC(C)N(C(C)C)[P+](O)(CCC#N)O[C@H]1C[C@H](n2ccc(NC(=O)c3ccccc3)nc2=O)O[C@@H]1COC(c1ccccc1)(c1ccccc1)c1ccccc1. The highest BCUT2D eigenvalue weighted by Crippen LogP contribution is 2.63. The summed E-state index contributed by atoms with van der Waals surface area (Å²) in [5, 5.41) is 12.3. The fourth-order valence-electron chi connectivity index (χ4n) is 7.54. The van der Waals surface area contributed by atoms with E-state index >= 15 is 0 Å². The van der Waals surface area contributed by atoms with Gasteiger partial charge in [0.05, 0.1) is 19.1 Å². The molecule has 0 aliphatic carbocycles. The van der Waals surface area contributed by atoms with Crippen LogP contribution in [0.4, 0.5) is 5.82 Å². The lowest BCUT2D eigenvalue weighted by Gasteiger charge is -2.38. The van der Waals surface area contributed by atoms with Crippen LogP contribution in [0, 0.1) is 11.3 Å². The van der Waals surface area contributed by atoms with Gasteiger partial charge in [-0.05, 0) is 62.6 Å². The van der Waals surface area contributed by atoms with E-state index in [9.17, 15) is 19.7 Å². The number of hydrogen-bond donors (Lipinski definition) is 2. The van der Waals surface area contributed by atoms with E-state index in [-0.39, 0.29) is 43.5 Å². The summed E-state index contributed by atoms with van der Waals surface area (Å²) in [7, 11) is -3.39. The molecule has 0 saturated carbocycles. The normalized spacial score (nSPS) is 18.2. The Kier molecular flexibility index (Phi) is 13.2. The smallest absolute Gasteiger partial charge is 0.351 e. The summed E-state index contributed by atoms with van der Waals surface area (Å²) >= 11 is 0. The van der Waals surface area contributed by atoms with Crippen molar-refractivity contribution in [3.8, 4) is 6.07 Å². The molecule has 4 atom stereocenters. The second-order valence-electron chi connectivity index (χ2n) is 14.3. The van der Waals surface area contributed by atoms with Crippen LogP contribution in [-0.4, -0.2) is 62.1 Å². The van der Waals surface area contributed by atoms with Crippen LogP contribution < -0.4 is 11.0 Å². The van der Waals surface area contributed by atoms with Crippen LogP contribution in [0.25, 0.3) is 0 Å². The molecule has 1 aromatic heterocycles. The Morgan fingerprint density at radius 3 is 1.91 bits per heavy atom. The lowest BCUT2D eigenvalue weighted by molar-refractivity contribution is -0.0928. The van der Waals surface area contributed by atoms with Crippen LogP contribution in [-0.2, 0) is 19.6 Å². The second kappa shape index (κ2) is 18.3. The molecular formula is C44H49N5O6P+. The van der Waals surface area contributed by atoms with E-state index in [1.54, 1.807) is 30.3 Å². The minimum Gasteiger partial charge on any atom is -0.358 e. The predicted octanol–water partition coefficient (Wildman–Crippen LogP) is 7.96. The third-order valence-corrected chi connectivity index (χ3v) is 12.9. The number of aromatic nitrogens is 2. The molecule has 5 aromatic rings. The predicted molar refractivity (Wildman–Crippen MR) is 218 cm³/mol. The van der Waals surface area contributed by atoms with Crippen LogP contribution in [0.2, 0.25) is 0 Å². The number of carbonyl (C=O) groups is 1. The maximum absolute atomic E-state index is 13.6. The minimum absolute atomic E-state index is 0.00878. The van der Waals surface area contributed by atoms with Crippen molar-refractivity contribution in [3.63, 3.8) is 0 Å². The lowest BCUT2D eigenvalue weighted by atomic mass is 9.80. The van der Waals surface area contributed by atoms with Gasteiger partial charge in [-0.1, -0.05) is 109 Å². The highest BCUT2D eigenvalue weighted by Gasteiger charge is 2.54. The number of carbonyl (C=O) groups excluding carboxylic acids is 1. The number of nitriles is 1. The molecule has 2 heterocycles. The highest BCUT2D eigenvalue weighted by molar-refractivity contribution is 7.63. The molecule has 1 unspecified atom stereocenters. The van der Waals surface area contributed by atoms with Crippen LogP contribution in [0.3, 0.4) is 0 Å². The standard InChI is InChI=1S/C44H48N5O6P/c1-32(2)49(33(3)4)56(52,29-17-27-45)55-38-30-41(48-28-26-40(47-43(48)51)46-42(50)34-18-9-5-10-19-34)54-39(38)31-53-44(35-20-11-6-12-21-35,36-22-13-7-14-23-36)37-24-15-8-16-25-37/h5-16,18-26,28,32-33,38-39,41,52H,17,29-31H2,1-4H3/p+1/t38-,39+,41+,56?/m0/s1. The molecule has 0 spiro atoms. The van der Waals surface area contributed by atoms with Crippen molar-refractivity contribution >= 4 is 19.6 Å². The van der Waals surface area contributed by atoms with Crippen molar-refractivity contribution in [1.82, 2.24) is 14.2 Å². The third kappa shape index (κ3) is 8.98. The van der Waals surface area contributed by atoms with E-state index in [1.807, 2.05) is 129 Å². The first-order valence-corrected chi connectivity index (χ1v) is 20.7. The van der Waals surface area contributed by atoms with Gasteiger partial charge in [-0.25, -0.2) is 9.69 Å². The van der Waals surface area contributed by atoms with Crippen molar-refractivity contribution in [2.45, 2.75) is 76.7 Å². The van der Waals surface area contributed by atoms with E-state index in [0.29, 0.717) is 5.56 Å². The summed E-state index contributed by atoms with van der Waals surface area (Å²) in [5.41, 5.74) is 1.45. The number of nitrogens with one attached hydrogen (secondary N) is 1. The summed E-state index contributed by atoms with van der Waals surface area (Å²) in [6, 6.07) is 42.2. The van der Waals surface area contributed by atoms with Crippen LogP contribution >= 0.6 is 7.87 Å². The van der Waals surface area contributed by atoms with Gasteiger partial charge in [0.1, 0.15) is 36.0 Å². The Hall–Kier alpha value is -5.05. The van der Waals surface area contributed by atoms with Crippen molar-refractivity contribution in [3.05, 3.63) is 166 Å². The molecule has 4 aromatic carbocycles. The van der Waals surface area contributed by atoms with E-state index in [0.717, 1.165) is 16.7 Å². The maximum atomic E-state index is 13.6. The number of benzene rings is 4. The van der Waals surface area contributed by atoms with Crippen LogP contribution in [0.15, 0.2) is 138 Å². The molecule has 56 heavy (non-hydrogen) atoms. The number of amides is 1. The van der Waals surface area contributed by atoms with Gasteiger partial charge in [-0.15, -0.1) is 4.67 Å². The molecule has 1 amide bonds. The minimum atomic E-state index is -3.39. The molecule has 12 heteroatoms. The molecule has 0 radical (unpaired) electrons. The van der Waals surface area contributed by atoms with Gasteiger partial charge < -0.3 is 14.8 Å². The summed E-state index contributed by atoms with van der Waals surface area (Å²) in [4.78, 5) is 43.0. The van der Waals surface area contributed by atoms with Gasteiger partial charge in [-0.3, -0.25) is 9.36 Å². The average Bonchev–Trinajstić information content (AvgIpc) is 3.60. The lowest BCUT2D eigenvalue weighted by Crippen LogP contribution is -2.42. The monoisotopic (exact) mass is 774 g/mol. The fourth-order valence-corrected chi connectivity index (χ4v) is 10.5. The molecule has 0 bridgehead atoms. The molecule has 1 fully saturated rings. The molecule has 1 aliphatic heterocycles. The first-order valence-electron chi connectivity index (χ1n) is 18.9. The quantitative estimate of drug-likeness (QED) is 0.0755. The van der Waals surface area contributed by atoms with Gasteiger partial charge >= 0.3 is 13.6 Å². The van der Waals surface area contributed by atoms with E-state index in [1.165, 1.54) is 10.8 Å². The topological polar surface area (TPSA) is 139 Å². The zero-order valence-corrected chi connectivity index (χ0v) is 33.0. The van der Waals surface area contributed by atoms with E-state index in [2.05, 4.69) is 16.4 Å². The van der Waals surface area contributed by atoms with E-state index < -0.39 is 43.5 Å². The molecule has 1 aliphatic rings. The Morgan fingerprint density at radius 2 is 1.43 bits per heavy atom. The molecule has 11 nitrogen and oxygen atoms in total. The molecule has 290 valence electrons. The number of anilines is 1. The Labute approximate surface area is 329 Å². The molecule has 2 N–H and O–H groups in total. The first kappa shape index (κ1) is 40.6. The largest absolute Gasteiger partial charge is 0.358 e. The van der Waals surface area contributed by atoms with Crippen LogP contribution in [0.5, 0.6) is 0 Å². The maximum Gasteiger partial charge on any atom is 0.351 e. The van der Waals surface area contributed by atoms with Crippen molar-refractivity contribution in [2.75, 3.05) is 18.1 Å². The van der Waals surface area contributed by atoms with Crippen LogP contribution in [0.1, 0.15) is 73.8 Å². The number of rotatable bonds is 16. The Balaban J connectivity index is 1.38. The summed E-state index contributed by atoms with van der Waals surface area (Å²) in [6.07, 6.45) is -0.419. The highest BCUT2D eigenvalue weighted by atomic mass is 31.2. The molecule has 6 rings (SSSR count). The van der Waals surface area contributed by atoms with Gasteiger partial charge in [-0.2, -0.15) is 14.8 Å². The van der Waals surface area contributed by atoms with Gasteiger partial charge in [0.25, 0.3) is 5.91 Å². The van der Waals surface area contributed by atoms with Crippen molar-refractivity contribution in [2.24, 2.45) is 0 Å². The summed E-state index contributed by atoms with van der Waals surface area (Å²) in [5.74, 6) is -0.289. The zero-order chi connectivity index (χ0) is 39.7.